The lowest BCUT2D eigenvalue weighted by Gasteiger charge is -2.02. The van der Waals surface area contributed by atoms with Gasteiger partial charge in [-0.25, -0.2) is 4.39 Å². The molecule has 2 aromatic rings. The van der Waals surface area contributed by atoms with Crippen LogP contribution in [0.1, 0.15) is 5.56 Å². The molecule has 0 radical (unpaired) electrons. The summed E-state index contributed by atoms with van der Waals surface area (Å²) in [5, 5.41) is 4.30. The van der Waals surface area contributed by atoms with Crippen LogP contribution in [0.15, 0.2) is 33.3 Å². The van der Waals surface area contributed by atoms with Crippen LogP contribution in [0.25, 0.3) is 0 Å². The van der Waals surface area contributed by atoms with Gasteiger partial charge in [0.1, 0.15) is 9.52 Å². The molecule has 1 aromatic carbocycles. The third-order valence-corrected chi connectivity index (χ3v) is 4.73. The molecule has 16 heavy (non-hydrogen) atoms. The molecule has 6 heteroatoms. The van der Waals surface area contributed by atoms with Gasteiger partial charge in [-0.15, -0.1) is 0 Å². The summed E-state index contributed by atoms with van der Waals surface area (Å²) in [6.07, 6.45) is 1.90. The molecule has 0 atom stereocenters. The maximum Gasteiger partial charge on any atom is 0.137 e. The molecule has 0 fully saturated rings. The van der Waals surface area contributed by atoms with E-state index < -0.39 is 0 Å². The quantitative estimate of drug-likeness (QED) is 0.615. The minimum absolute atomic E-state index is 0.250. The second-order valence-electron chi connectivity index (χ2n) is 3.21. The summed E-state index contributed by atoms with van der Waals surface area (Å²) in [6.45, 7) is 0.625. The summed E-state index contributed by atoms with van der Waals surface area (Å²) >= 11 is 8.71. The molecule has 0 aliphatic rings. The first kappa shape index (κ1) is 12.5. The second kappa shape index (κ2) is 5.14. The van der Waals surface area contributed by atoms with Crippen molar-refractivity contribution >= 4 is 54.5 Å². The Hall–Kier alpha value is 0.0500. The minimum atomic E-state index is -0.250. The van der Waals surface area contributed by atoms with E-state index in [-0.39, 0.29) is 5.82 Å². The lowest BCUT2D eigenvalue weighted by molar-refractivity contribution is 0.617. The van der Waals surface area contributed by atoms with Crippen LogP contribution in [0.2, 0.25) is 0 Å². The van der Waals surface area contributed by atoms with Crippen molar-refractivity contribution in [2.24, 2.45) is 0 Å². The molecule has 84 valence electrons. The van der Waals surface area contributed by atoms with Crippen LogP contribution in [-0.4, -0.2) is 9.78 Å². The fourth-order valence-electron chi connectivity index (χ4n) is 1.28. The van der Waals surface area contributed by atoms with E-state index in [2.05, 4.69) is 59.5 Å². The monoisotopic (exact) mass is 458 g/mol. The van der Waals surface area contributed by atoms with Crippen LogP contribution in [0.5, 0.6) is 0 Å². The number of halogens is 4. The molecule has 0 saturated carbocycles. The van der Waals surface area contributed by atoms with Crippen molar-refractivity contribution in [1.29, 1.82) is 0 Å². The van der Waals surface area contributed by atoms with Crippen LogP contribution in [-0.2, 0) is 6.54 Å². The molecule has 0 unspecified atom stereocenters. The molecule has 2 nitrogen and oxygen atoms in total. The van der Waals surface area contributed by atoms with Gasteiger partial charge in [0, 0.05) is 6.20 Å². The predicted octanol–water partition coefficient (Wildman–Crippen LogP) is 4.20. The number of hydrogen-bond acceptors (Lipinski definition) is 1. The highest BCUT2D eigenvalue weighted by Crippen LogP contribution is 2.20. The summed E-state index contributed by atoms with van der Waals surface area (Å²) < 4.78 is 17.2. The Morgan fingerprint density at radius 1 is 1.31 bits per heavy atom. The molecule has 0 aliphatic carbocycles. The SMILES string of the molecule is Fc1ccc(Cn2cc(Br)c(I)n2)cc1Br. The lowest BCUT2D eigenvalue weighted by Crippen LogP contribution is -2.00. The van der Waals surface area contributed by atoms with Crippen molar-refractivity contribution in [1.82, 2.24) is 9.78 Å². The predicted molar refractivity (Wildman–Crippen MR) is 75.8 cm³/mol. The van der Waals surface area contributed by atoms with E-state index in [0.29, 0.717) is 11.0 Å². The number of rotatable bonds is 2. The smallest absolute Gasteiger partial charge is 0.137 e. The second-order valence-corrected chi connectivity index (χ2v) is 5.94. The summed E-state index contributed by atoms with van der Waals surface area (Å²) in [5.41, 5.74) is 1.000. The first-order chi connectivity index (χ1) is 7.56. The van der Waals surface area contributed by atoms with Crippen molar-refractivity contribution in [3.8, 4) is 0 Å². The van der Waals surface area contributed by atoms with E-state index in [1.807, 2.05) is 10.9 Å². The Morgan fingerprint density at radius 3 is 2.62 bits per heavy atom. The largest absolute Gasteiger partial charge is 0.266 e. The Kier molecular flexibility index (Phi) is 4.01. The topological polar surface area (TPSA) is 17.8 Å². The average molecular weight is 460 g/mol. The number of nitrogens with zero attached hydrogens (tertiary/aromatic N) is 2. The molecule has 0 N–H and O–H groups in total. The molecule has 2 rings (SSSR count). The van der Waals surface area contributed by atoms with Gasteiger partial charge < -0.3 is 0 Å². The number of aromatic nitrogens is 2. The van der Waals surface area contributed by atoms with Gasteiger partial charge in [-0.2, -0.15) is 5.10 Å². The van der Waals surface area contributed by atoms with Crippen LogP contribution < -0.4 is 0 Å². The first-order valence-electron chi connectivity index (χ1n) is 4.38. The number of benzene rings is 1. The molecule has 1 heterocycles. The molecule has 0 spiro atoms. The van der Waals surface area contributed by atoms with Gasteiger partial charge in [0.15, 0.2) is 0 Å². The van der Waals surface area contributed by atoms with Crippen molar-refractivity contribution in [3.05, 3.63) is 48.4 Å². The standard InChI is InChI=1S/C10H6Br2FIN2/c11-7-3-6(1-2-9(7)13)4-16-5-8(12)10(14)15-16/h1-3,5H,4H2. The average Bonchev–Trinajstić information content (AvgIpc) is 2.52. The lowest BCUT2D eigenvalue weighted by atomic mass is 10.2. The van der Waals surface area contributed by atoms with Crippen LogP contribution >= 0.6 is 54.5 Å². The van der Waals surface area contributed by atoms with Crippen molar-refractivity contribution in [2.45, 2.75) is 6.54 Å². The zero-order valence-corrected chi connectivity index (χ0v) is 13.3. The van der Waals surface area contributed by atoms with Gasteiger partial charge in [-0.3, -0.25) is 4.68 Å². The van der Waals surface area contributed by atoms with E-state index in [1.165, 1.54) is 6.07 Å². The van der Waals surface area contributed by atoms with Crippen molar-refractivity contribution < 1.29 is 4.39 Å². The molecular weight excluding hydrogens is 454 g/mol. The Bertz CT molecular complexity index is 508. The van der Waals surface area contributed by atoms with Gasteiger partial charge in [-0.1, -0.05) is 6.07 Å². The van der Waals surface area contributed by atoms with E-state index in [4.69, 9.17) is 0 Å². The van der Waals surface area contributed by atoms with Crippen LogP contribution in [0, 0.1) is 9.52 Å². The first-order valence-corrected chi connectivity index (χ1v) is 7.05. The van der Waals surface area contributed by atoms with Crippen molar-refractivity contribution in [3.63, 3.8) is 0 Å². The third-order valence-electron chi connectivity index (χ3n) is 2.00. The van der Waals surface area contributed by atoms with Gasteiger partial charge in [-0.05, 0) is 72.1 Å². The Morgan fingerprint density at radius 2 is 2.06 bits per heavy atom. The summed E-state index contributed by atoms with van der Waals surface area (Å²) in [6, 6.07) is 4.96. The fourth-order valence-corrected chi connectivity index (χ4v) is 2.44. The van der Waals surface area contributed by atoms with Crippen molar-refractivity contribution in [2.75, 3.05) is 0 Å². The summed E-state index contributed by atoms with van der Waals surface area (Å²) in [5.74, 6) is -0.250. The van der Waals surface area contributed by atoms with E-state index in [9.17, 15) is 4.39 Å². The maximum atomic E-state index is 13.0. The van der Waals surface area contributed by atoms with E-state index in [1.54, 1.807) is 12.1 Å². The van der Waals surface area contributed by atoms with Gasteiger partial charge >= 0.3 is 0 Å². The van der Waals surface area contributed by atoms with Gasteiger partial charge in [0.2, 0.25) is 0 Å². The highest BCUT2D eigenvalue weighted by atomic mass is 127. The van der Waals surface area contributed by atoms with Gasteiger partial charge in [0.05, 0.1) is 15.5 Å². The molecule has 0 saturated heterocycles. The summed E-state index contributed by atoms with van der Waals surface area (Å²) in [4.78, 5) is 0. The highest BCUT2D eigenvalue weighted by molar-refractivity contribution is 14.1. The number of hydrogen-bond donors (Lipinski definition) is 0. The molecule has 0 bridgehead atoms. The molecular formula is C10H6Br2FIN2. The highest BCUT2D eigenvalue weighted by Gasteiger charge is 2.05. The van der Waals surface area contributed by atoms with E-state index in [0.717, 1.165) is 13.7 Å². The maximum absolute atomic E-state index is 13.0. The van der Waals surface area contributed by atoms with Gasteiger partial charge in [0.25, 0.3) is 0 Å². The van der Waals surface area contributed by atoms with Crippen LogP contribution in [0.3, 0.4) is 0 Å². The fraction of sp³-hybridized carbons (Fsp3) is 0.100. The Labute approximate surface area is 123 Å². The third kappa shape index (κ3) is 2.84. The minimum Gasteiger partial charge on any atom is -0.266 e. The van der Waals surface area contributed by atoms with Crippen LogP contribution in [0.4, 0.5) is 4.39 Å². The summed E-state index contributed by atoms with van der Waals surface area (Å²) in [7, 11) is 0. The van der Waals surface area contributed by atoms with E-state index >= 15 is 0 Å². The normalized spacial score (nSPS) is 10.8. The molecule has 0 aliphatic heterocycles. The zero-order chi connectivity index (χ0) is 11.7. The Balaban J connectivity index is 2.23. The zero-order valence-electron chi connectivity index (χ0n) is 7.92. The molecule has 1 aromatic heterocycles. The molecule has 0 amide bonds.